The molecule has 0 aliphatic carbocycles. The van der Waals surface area contributed by atoms with Crippen LogP contribution in [0.15, 0.2) is 12.5 Å². The molecule has 0 saturated carbocycles. The Labute approximate surface area is 33.2 Å². The van der Waals surface area contributed by atoms with Crippen LogP contribution in [0.2, 0.25) is 0 Å². The first-order chi connectivity index (χ1) is 2.77. The Morgan fingerprint density at radius 2 is 2.33 bits per heavy atom. The molecule has 34 valence electrons. The van der Waals surface area contributed by atoms with Crippen LogP contribution < -0.4 is 0 Å². The smallest absolute Gasteiger partial charge is 0.259 e. The van der Waals surface area contributed by atoms with Gasteiger partial charge in [0, 0.05) is 0 Å². The molecule has 0 spiro atoms. The SMILES string of the molecule is O=[N+]([O-])/C=C\F. The van der Waals surface area contributed by atoms with Crippen molar-refractivity contribution in [3.8, 4) is 0 Å². The molecule has 0 fully saturated rings. The lowest BCUT2D eigenvalue weighted by atomic mass is 11.0. The summed E-state index contributed by atoms with van der Waals surface area (Å²) in [6, 6.07) is 0. The van der Waals surface area contributed by atoms with Crippen LogP contribution in [0, 0.1) is 10.1 Å². The van der Waals surface area contributed by atoms with E-state index in [0.717, 1.165) is 0 Å². The largest absolute Gasteiger partial charge is 0.262 e. The molecule has 4 heteroatoms. The molecule has 0 saturated heterocycles. The van der Waals surface area contributed by atoms with E-state index in [1.54, 1.807) is 0 Å². The van der Waals surface area contributed by atoms with Crippen LogP contribution in [0.3, 0.4) is 0 Å². The Kier molecular flexibility index (Phi) is 1.96. The van der Waals surface area contributed by atoms with E-state index in [4.69, 9.17) is 10.1 Å². The van der Waals surface area contributed by atoms with Crippen LogP contribution in [0.4, 0.5) is 4.39 Å². The highest BCUT2D eigenvalue weighted by atomic mass is 19.1. The molecule has 0 bridgehead atoms. The van der Waals surface area contributed by atoms with E-state index in [0.29, 0.717) is 0 Å². The third-order valence-electron chi connectivity index (χ3n) is 0.178. The Morgan fingerprint density at radius 3 is 2.33 bits per heavy atom. The van der Waals surface area contributed by atoms with Crippen LogP contribution >= 0.6 is 0 Å². The predicted octanol–water partition coefficient (Wildman–Crippen LogP) is 0.704. The summed E-state index contributed by atoms with van der Waals surface area (Å²) >= 11 is 0. The van der Waals surface area contributed by atoms with Gasteiger partial charge in [-0.05, 0) is 0 Å². The standard InChI is InChI=1S/C2H2FNO2/c3-1-2-4(5)6/h1-2H/b2-1-. The average Bonchev–Trinajstić information content (AvgIpc) is 1.35. The van der Waals surface area contributed by atoms with Gasteiger partial charge >= 0.3 is 0 Å². The topological polar surface area (TPSA) is 43.1 Å². The minimum absolute atomic E-state index is 0.125. The normalized spacial score (nSPS) is 9.50. The molecule has 0 atom stereocenters. The number of nitro groups is 1. The minimum atomic E-state index is -0.875. The maximum atomic E-state index is 10.6. The summed E-state index contributed by atoms with van der Waals surface area (Å²) in [5.41, 5.74) is 0. The fourth-order valence-electron chi connectivity index (χ4n) is 0.0460. The highest BCUT2D eigenvalue weighted by molar-refractivity contribution is 4.54. The van der Waals surface area contributed by atoms with Crippen LogP contribution in [0.5, 0.6) is 0 Å². The summed E-state index contributed by atoms with van der Waals surface area (Å²) in [6.07, 6.45) is 0.0972. The average molecular weight is 91.0 g/mol. The fourth-order valence-corrected chi connectivity index (χ4v) is 0.0460. The van der Waals surface area contributed by atoms with Gasteiger partial charge in [-0.2, -0.15) is 0 Å². The molecule has 0 radical (unpaired) electrons. The van der Waals surface area contributed by atoms with Crippen LogP contribution in [0.1, 0.15) is 0 Å². The van der Waals surface area contributed by atoms with E-state index in [9.17, 15) is 4.39 Å². The second-order valence-corrected chi connectivity index (χ2v) is 0.560. The van der Waals surface area contributed by atoms with Crippen molar-refractivity contribution in [2.45, 2.75) is 0 Å². The van der Waals surface area contributed by atoms with Crippen LogP contribution in [-0.2, 0) is 0 Å². The molecule has 0 heterocycles. The van der Waals surface area contributed by atoms with Gasteiger partial charge in [-0.3, -0.25) is 10.1 Å². The lowest BCUT2D eigenvalue weighted by molar-refractivity contribution is -0.403. The quantitative estimate of drug-likeness (QED) is 0.352. The Morgan fingerprint density at radius 1 is 1.83 bits per heavy atom. The van der Waals surface area contributed by atoms with Crippen molar-refractivity contribution in [3.63, 3.8) is 0 Å². The highest BCUT2D eigenvalue weighted by Gasteiger charge is 1.76. The predicted molar refractivity (Wildman–Crippen MR) is 17.2 cm³/mol. The van der Waals surface area contributed by atoms with Gasteiger partial charge in [0.2, 0.25) is 0 Å². The van der Waals surface area contributed by atoms with Crippen LogP contribution in [0.25, 0.3) is 0 Å². The zero-order valence-electron chi connectivity index (χ0n) is 2.80. The molecule has 0 aliphatic rings. The van der Waals surface area contributed by atoms with Crippen LogP contribution in [-0.4, -0.2) is 4.92 Å². The molecule has 0 unspecified atom stereocenters. The van der Waals surface area contributed by atoms with E-state index in [-0.39, 0.29) is 12.5 Å². The van der Waals surface area contributed by atoms with E-state index >= 15 is 0 Å². The van der Waals surface area contributed by atoms with Crippen molar-refractivity contribution >= 4 is 0 Å². The third kappa shape index (κ3) is 3.07. The van der Waals surface area contributed by atoms with Gasteiger partial charge in [0.15, 0.2) is 6.33 Å². The molecule has 0 N–H and O–H groups in total. The minimum Gasteiger partial charge on any atom is -0.259 e. The molecule has 6 heavy (non-hydrogen) atoms. The van der Waals surface area contributed by atoms with Crippen molar-refractivity contribution in [1.29, 1.82) is 0 Å². The molecule has 0 rings (SSSR count). The van der Waals surface area contributed by atoms with Crippen molar-refractivity contribution in [1.82, 2.24) is 0 Å². The summed E-state index contributed by atoms with van der Waals surface area (Å²) in [4.78, 5) is 8.20. The Balaban J connectivity index is 3.30. The zero-order valence-corrected chi connectivity index (χ0v) is 2.80. The summed E-state index contributed by atoms with van der Waals surface area (Å²) in [7, 11) is 0. The molecular weight excluding hydrogens is 89.0 g/mol. The number of rotatable bonds is 1. The summed E-state index contributed by atoms with van der Waals surface area (Å²) < 4.78 is 10.6. The van der Waals surface area contributed by atoms with Gasteiger partial charge in [0.1, 0.15) is 0 Å². The van der Waals surface area contributed by atoms with Gasteiger partial charge in [-0.15, -0.1) is 0 Å². The maximum Gasteiger partial charge on any atom is 0.262 e. The summed E-state index contributed by atoms with van der Waals surface area (Å²) in [5.74, 6) is 0. The van der Waals surface area contributed by atoms with E-state index in [1.165, 1.54) is 0 Å². The number of hydrogen-bond donors (Lipinski definition) is 0. The molecule has 3 nitrogen and oxygen atoms in total. The second-order valence-electron chi connectivity index (χ2n) is 0.560. The number of halogens is 1. The third-order valence-corrected chi connectivity index (χ3v) is 0.178. The lowest BCUT2D eigenvalue weighted by Gasteiger charge is -1.67. The second kappa shape index (κ2) is 2.32. The molecular formula is C2H2FNO2. The van der Waals surface area contributed by atoms with E-state index in [1.807, 2.05) is 0 Å². The molecule has 0 aromatic heterocycles. The first kappa shape index (κ1) is 5.07. The van der Waals surface area contributed by atoms with Gasteiger partial charge in [0.05, 0.1) is 4.92 Å². The van der Waals surface area contributed by atoms with Gasteiger partial charge in [-0.1, -0.05) is 0 Å². The number of hydrogen-bond acceptors (Lipinski definition) is 2. The molecule has 0 aliphatic heterocycles. The Hall–Kier alpha value is -0.930. The molecule has 0 amide bonds. The van der Waals surface area contributed by atoms with Gasteiger partial charge < -0.3 is 0 Å². The van der Waals surface area contributed by atoms with Crippen molar-refractivity contribution < 1.29 is 9.31 Å². The van der Waals surface area contributed by atoms with Crippen molar-refractivity contribution in [2.24, 2.45) is 0 Å². The Bertz CT molecular complexity index is 79.6. The fraction of sp³-hybridized carbons (Fsp3) is 0. The van der Waals surface area contributed by atoms with Gasteiger partial charge in [0.25, 0.3) is 6.20 Å². The molecule has 0 aromatic carbocycles. The molecule has 0 aromatic rings. The summed E-state index contributed by atoms with van der Waals surface area (Å²) in [6.45, 7) is 0. The van der Waals surface area contributed by atoms with E-state index in [2.05, 4.69) is 0 Å². The monoisotopic (exact) mass is 91.0 g/mol. The number of nitrogens with zero attached hydrogens (tertiary/aromatic N) is 1. The lowest BCUT2D eigenvalue weighted by Crippen LogP contribution is -1.79. The maximum absolute atomic E-state index is 10.6. The van der Waals surface area contributed by atoms with Crippen molar-refractivity contribution in [3.05, 3.63) is 22.6 Å². The summed E-state index contributed by atoms with van der Waals surface area (Å²) in [5, 5.41) is 9.08. The highest BCUT2D eigenvalue weighted by Crippen LogP contribution is 1.70. The van der Waals surface area contributed by atoms with Crippen molar-refractivity contribution in [2.75, 3.05) is 0 Å². The van der Waals surface area contributed by atoms with Gasteiger partial charge in [-0.25, -0.2) is 4.39 Å². The zero-order chi connectivity index (χ0) is 4.99. The first-order valence-electron chi connectivity index (χ1n) is 1.17. The first-order valence-corrected chi connectivity index (χ1v) is 1.17. The van der Waals surface area contributed by atoms with E-state index < -0.39 is 4.92 Å².